The zero-order valence-corrected chi connectivity index (χ0v) is 16.7. The van der Waals surface area contributed by atoms with E-state index in [1.54, 1.807) is 19.3 Å². The van der Waals surface area contributed by atoms with Crippen LogP contribution in [-0.2, 0) is 9.53 Å². The number of halogens is 1. The Kier molecular flexibility index (Phi) is 6.36. The van der Waals surface area contributed by atoms with Gasteiger partial charge in [0.1, 0.15) is 5.65 Å². The number of anilines is 1. The van der Waals surface area contributed by atoms with Crippen LogP contribution in [0, 0.1) is 11.3 Å². The van der Waals surface area contributed by atoms with Crippen molar-refractivity contribution in [1.29, 1.82) is 5.41 Å². The first-order valence-corrected chi connectivity index (χ1v) is 8.92. The van der Waals surface area contributed by atoms with Crippen LogP contribution in [0.15, 0.2) is 16.9 Å². The van der Waals surface area contributed by atoms with E-state index in [9.17, 15) is 9.59 Å². The van der Waals surface area contributed by atoms with Gasteiger partial charge in [0.2, 0.25) is 5.91 Å². The van der Waals surface area contributed by atoms with E-state index in [1.165, 1.54) is 7.11 Å². The number of hydrogen-bond donors (Lipinski definition) is 4. The maximum atomic E-state index is 12.1. The standard InChI is InChI=1S/C17H22BrN5O3/c1-8(2)16(24)23-12-7-21-15-14(12)13(10(18)6-20-15)11(19)5-9(3)22-17(25)26-4/h6-9,19H,5H2,1-4H3,(H,20,21)(H,22,25)(H,23,24)/t9-/m1/s1. The van der Waals surface area contributed by atoms with Crippen molar-refractivity contribution in [2.45, 2.75) is 33.2 Å². The molecule has 8 nitrogen and oxygen atoms in total. The summed E-state index contributed by atoms with van der Waals surface area (Å²) in [7, 11) is 1.29. The molecule has 2 rings (SSSR count). The highest BCUT2D eigenvalue weighted by atomic mass is 79.9. The number of nitrogens with one attached hydrogen (secondary N) is 4. The second kappa shape index (κ2) is 8.31. The topological polar surface area (TPSA) is 120 Å². The number of alkyl carbamates (subject to hydrolysis) is 1. The molecule has 0 unspecified atom stereocenters. The summed E-state index contributed by atoms with van der Waals surface area (Å²) >= 11 is 3.44. The van der Waals surface area contributed by atoms with Gasteiger partial charge in [-0.1, -0.05) is 13.8 Å². The van der Waals surface area contributed by atoms with E-state index >= 15 is 0 Å². The number of H-pyrrole nitrogens is 1. The Balaban J connectivity index is 2.37. The second-order valence-electron chi connectivity index (χ2n) is 6.27. The smallest absolute Gasteiger partial charge is 0.407 e. The number of carbonyl (C=O) groups excluding carboxylic acids is 2. The van der Waals surface area contributed by atoms with Crippen molar-refractivity contribution in [3.05, 3.63) is 22.4 Å². The summed E-state index contributed by atoms with van der Waals surface area (Å²) < 4.78 is 5.22. The molecular formula is C17H22BrN5O3. The van der Waals surface area contributed by atoms with Gasteiger partial charge in [-0.05, 0) is 22.9 Å². The molecule has 0 spiro atoms. The quantitative estimate of drug-likeness (QED) is 0.531. The van der Waals surface area contributed by atoms with Crippen LogP contribution >= 0.6 is 15.9 Å². The van der Waals surface area contributed by atoms with E-state index in [4.69, 9.17) is 5.41 Å². The van der Waals surface area contributed by atoms with Crippen LogP contribution in [0.5, 0.6) is 0 Å². The second-order valence-corrected chi connectivity index (χ2v) is 7.13. The van der Waals surface area contributed by atoms with E-state index in [0.29, 0.717) is 32.5 Å². The lowest BCUT2D eigenvalue weighted by atomic mass is 10.0. The molecule has 2 amide bonds. The minimum atomic E-state index is -0.546. The summed E-state index contributed by atoms with van der Waals surface area (Å²) in [4.78, 5) is 30.7. The van der Waals surface area contributed by atoms with Gasteiger partial charge >= 0.3 is 6.09 Å². The number of aromatic amines is 1. The Bertz CT molecular complexity index is 846. The van der Waals surface area contributed by atoms with E-state index in [0.717, 1.165) is 0 Å². The van der Waals surface area contributed by atoms with Crippen LogP contribution in [0.2, 0.25) is 0 Å². The zero-order chi connectivity index (χ0) is 19.4. The fraction of sp³-hybridized carbons (Fsp3) is 0.412. The molecule has 0 fully saturated rings. The number of carbonyl (C=O) groups is 2. The van der Waals surface area contributed by atoms with Crippen LogP contribution in [0.1, 0.15) is 32.8 Å². The monoisotopic (exact) mass is 423 g/mol. The highest BCUT2D eigenvalue weighted by Crippen LogP contribution is 2.32. The molecule has 0 bridgehead atoms. The molecular weight excluding hydrogens is 402 g/mol. The molecule has 2 heterocycles. The van der Waals surface area contributed by atoms with E-state index < -0.39 is 6.09 Å². The number of ether oxygens (including phenoxy) is 1. The van der Waals surface area contributed by atoms with Crippen LogP contribution in [0.25, 0.3) is 11.0 Å². The van der Waals surface area contributed by atoms with Crippen LogP contribution < -0.4 is 10.6 Å². The molecule has 140 valence electrons. The fourth-order valence-corrected chi connectivity index (χ4v) is 3.00. The van der Waals surface area contributed by atoms with E-state index in [1.807, 2.05) is 13.8 Å². The fourth-order valence-electron chi connectivity index (χ4n) is 2.46. The van der Waals surface area contributed by atoms with Gasteiger partial charge in [-0.2, -0.15) is 0 Å². The zero-order valence-electron chi connectivity index (χ0n) is 15.1. The van der Waals surface area contributed by atoms with Crippen molar-refractivity contribution in [3.8, 4) is 0 Å². The number of nitrogens with zero attached hydrogens (tertiary/aromatic N) is 1. The van der Waals surface area contributed by atoms with Crippen molar-refractivity contribution in [2.24, 2.45) is 5.92 Å². The molecule has 0 aliphatic carbocycles. The normalized spacial score (nSPS) is 12.1. The van der Waals surface area contributed by atoms with Gasteiger partial charge in [0.05, 0.1) is 18.2 Å². The molecule has 2 aromatic rings. The number of hydrogen-bond acceptors (Lipinski definition) is 5. The lowest BCUT2D eigenvalue weighted by molar-refractivity contribution is -0.118. The van der Waals surface area contributed by atoms with Crippen molar-refractivity contribution in [1.82, 2.24) is 15.3 Å². The van der Waals surface area contributed by atoms with Crippen LogP contribution in [0.4, 0.5) is 10.5 Å². The Morgan fingerprint density at radius 1 is 1.38 bits per heavy atom. The van der Waals surface area contributed by atoms with Crippen molar-refractivity contribution >= 4 is 50.4 Å². The van der Waals surface area contributed by atoms with Crippen molar-refractivity contribution in [2.75, 3.05) is 12.4 Å². The van der Waals surface area contributed by atoms with E-state index in [2.05, 4.69) is 41.3 Å². The number of fused-ring (bicyclic) bond motifs is 1. The maximum absolute atomic E-state index is 12.1. The number of amides is 2. The molecule has 2 aromatic heterocycles. The van der Waals surface area contributed by atoms with Gasteiger partial charge < -0.3 is 25.8 Å². The number of rotatable bonds is 6. The summed E-state index contributed by atoms with van der Waals surface area (Å²) in [5.74, 6) is -0.295. The van der Waals surface area contributed by atoms with Gasteiger partial charge in [0, 0.05) is 46.5 Å². The van der Waals surface area contributed by atoms with Crippen molar-refractivity contribution < 1.29 is 14.3 Å². The molecule has 0 aliphatic heterocycles. The highest BCUT2D eigenvalue weighted by Gasteiger charge is 2.20. The van der Waals surface area contributed by atoms with Gasteiger partial charge in [0.15, 0.2) is 0 Å². The molecule has 9 heteroatoms. The first-order chi connectivity index (χ1) is 12.2. The third-order valence-electron chi connectivity index (χ3n) is 3.80. The number of aromatic nitrogens is 2. The van der Waals surface area contributed by atoms with Gasteiger partial charge in [-0.15, -0.1) is 0 Å². The summed E-state index contributed by atoms with van der Waals surface area (Å²) in [6, 6.07) is -0.294. The maximum Gasteiger partial charge on any atom is 0.407 e. The minimum Gasteiger partial charge on any atom is -0.453 e. The average Bonchev–Trinajstić information content (AvgIpc) is 2.96. The lowest BCUT2D eigenvalue weighted by Crippen LogP contribution is -2.34. The summed E-state index contributed by atoms with van der Waals surface area (Å²) in [5.41, 5.74) is 2.06. The number of pyridine rings is 1. The predicted octanol–water partition coefficient (Wildman–Crippen LogP) is 3.42. The minimum absolute atomic E-state index is 0.121. The Morgan fingerprint density at radius 2 is 2.08 bits per heavy atom. The van der Waals surface area contributed by atoms with Crippen molar-refractivity contribution in [3.63, 3.8) is 0 Å². The molecule has 0 aromatic carbocycles. The largest absolute Gasteiger partial charge is 0.453 e. The SMILES string of the molecule is COC(=O)N[C@H](C)CC(=N)c1c(Br)cnc2[nH]cc(NC(=O)C(C)C)c12. The molecule has 0 saturated heterocycles. The summed E-state index contributed by atoms with van der Waals surface area (Å²) in [5, 5.41) is 14.7. The average molecular weight is 424 g/mol. The first-order valence-electron chi connectivity index (χ1n) is 8.13. The lowest BCUT2D eigenvalue weighted by Gasteiger charge is -2.16. The van der Waals surface area contributed by atoms with Gasteiger partial charge in [0.25, 0.3) is 0 Å². The predicted molar refractivity (Wildman–Crippen MR) is 104 cm³/mol. The number of methoxy groups -OCH3 is 1. The van der Waals surface area contributed by atoms with Crippen LogP contribution in [-0.4, -0.2) is 40.8 Å². The Labute approximate surface area is 159 Å². The third-order valence-corrected chi connectivity index (χ3v) is 4.40. The Hall–Kier alpha value is -2.42. The molecule has 0 aliphatic rings. The Morgan fingerprint density at radius 3 is 2.69 bits per heavy atom. The van der Waals surface area contributed by atoms with Crippen LogP contribution in [0.3, 0.4) is 0 Å². The molecule has 1 atom stereocenters. The van der Waals surface area contributed by atoms with E-state index in [-0.39, 0.29) is 24.3 Å². The van der Waals surface area contributed by atoms with Gasteiger partial charge in [-0.25, -0.2) is 9.78 Å². The molecule has 26 heavy (non-hydrogen) atoms. The highest BCUT2D eigenvalue weighted by molar-refractivity contribution is 9.10. The first kappa shape index (κ1) is 19.9. The molecule has 4 N–H and O–H groups in total. The molecule has 0 radical (unpaired) electrons. The summed E-state index contributed by atoms with van der Waals surface area (Å²) in [6.07, 6.45) is 3.01. The third kappa shape index (κ3) is 4.40. The summed E-state index contributed by atoms with van der Waals surface area (Å²) in [6.45, 7) is 5.40. The molecule has 0 saturated carbocycles. The van der Waals surface area contributed by atoms with Gasteiger partial charge in [-0.3, -0.25) is 4.79 Å².